The highest BCUT2D eigenvalue weighted by Crippen LogP contribution is 2.25. The Morgan fingerprint density at radius 1 is 1.00 bits per heavy atom. The van der Waals surface area contributed by atoms with E-state index in [0.717, 1.165) is 55.1 Å². The topological polar surface area (TPSA) is 91.4 Å². The highest BCUT2D eigenvalue weighted by atomic mass is 16.5. The van der Waals surface area contributed by atoms with E-state index < -0.39 is 0 Å². The molecule has 35 heavy (non-hydrogen) atoms. The minimum absolute atomic E-state index is 0.0208. The molecule has 5 rings (SSSR count). The second kappa shape index (κ2) is 10.4. The fourth-order valence-corrected chi connectivity index (χ4v) is 4.72. The first-order chi connectivity index (χ1) is 17.0. The number of benzene rings is 2. The zero-order valence-corrected chi connectivity index (χ0v) is 20.2. The Labute approximate surface area is 206 Å². The van der Waals surface area contributed by atoms with E-state index in [4.69, 9.17) is 4.74 Å². The van der Waals surface area contributed by atoms with Crippen molar-refractivity contribution < 1.29 is 9.53 Å². The summed E-state index contributed by atoms with van der Waals surface area (Å²) in [7, 11) is 0. The summed E-state index contributed by atoms with van der Waals surface area (Å²) in [6.07, 6.45) is 4.12. The van der Waals surface area contributed by atoms with Gasteiger partial charge in [0, 0.05) is 41.9 Å². The molecule has 2 fully saturated rings. The smallest absolute Gasteiger partial charge is 0.241 e. The fourth-order valence-electron chi connectivity index (χ4n) is 4.72. The largest absolute Gasteiger partial charge is 0.372 e. The molecule has 0 bridgehead atoms. The maximum Gasteiger partial charge on any atom is 0.241 e. The first-order valence-electron chi connectivity index (χ1n) is 12.3. The van der Waals surface area contributed by atoms with Crippen molar-refractivity contribution >= 4 is 28.9 Å². The molecule has 2 aliphatic rings. The quantitative estimate of drug-likeness (QED) is 0.495. The van der Waals surface area contributed by atoms with Crippen LogP contribution in [0.4, 0.5) is 23.0 Å². The van der Waals surface area contributed by atoms with Crippen LogP contribution in [0.2, 0.25) is 0 Å². The van der Waals surface area contributed by atoms with Crippen LogP contribution in [0.15, 0.2) is 60.8 Å². The molecule has 0 aliphatic carbocycles. The summed E-state index contributed by atoms with van der Waals surface area (Å²) in [5.41, 5.74) is 4.66. The van der Waals surface area contributed by atoms with Gasteiger partial charge in [-0.2, -0.15) is 0 Å². The van der Waals surface area contributed by atoms with Gasteiger partial charge in [0.1, 0.15) is 0 Å². The van der Waals surface area contributed by atoms with Crippen LogP contribution in [-0.2, 0) is 9.53 Å². The van der Waals surface area contributed by atoms with Crippen LogP contribution in [0.3, 0.4) is 0 Å². The highest BCUT2D eigenvalue weighted by molar-refractivity contribution is 5.95. The molecule has 1 aromatic heterocycles. The standard InChI is InChI=1S/C27H32N6O2/c1-18-16-33(17-19(2)35-18)23-11-9-22(10-12-23)31-27-29-15-13-24(32-27)20-5-7-21(8-6-20)30-26(34)25-4-3-14-28-25/h5-13,15,18-19,25,28H,3-4,14,16-17H2,1-2H3,(H,30,34)(H,29,31,32)/t18-,19+,25?. The van der Waals surface area contributed by atoms with Gasteiger partial charge in [0.25, 0.3) is 0 Å². The van der Waals surface area contributed by atoms with E-state index in [1.807, 2.05) is 42.5 Å². The predicted molar refractivity (Wildman–Crippen MR) is 139 cm³/mol. The SMILES string of the molecule is C[C@@H]1CN(c2ccc(Nc3nccc(-c4ccc(NC(=O)C5CCCN5)cc4)n3)cc2)C[C@H](C)O1. The van der Waals surface area contributed by atoms with Crippen LogP contribution in [-0.4, -0.2) is 53.8 Å². The van der Waals surface area contributed by atoms with E-state index in [2.05, 4.69) is 56.8 Å². The molecule has 182 valence electrons. The number of nitrogens with one attached hydrogen (secondary N) is 3. The molecular formula is C27H32N6O2. The molecule has 2 aliphatic heterocycles. The Kier molecular flexibility index (Phi) is 6.92. The number of anilines is 4. The highest BCUT2D eigenvalue weighted by Gasteiger charge is 2.23. The van der Waals surface area contributed by atoms with Crippen LogP contribution < -0.4 is 20.9 Å². The lowest BCUT2D eigenvalue weighted by atomic mass is 10.1. The minimum Gasteiger partial charge on any atom is -0.372 e. The van der Waals surface area contributed by atoms with Crippen molar-refractivity contribution in [1.82, 2.24) is 15.3 Å². The number of hydrogen-bond donors (Lipinski definition) is 3. The number of morpholine rings is 1. The van der Waals surface area contributed by atoms with Crippen molar-refractivity contribution in [2.75, 3.05) is 35.2 Å². The van der Waals surface area contributed by atoms with Crippen molar-refractivity contribution in [3.8, 4) is 11.3 Å². The summed E-state index contributed by atoms with van der Waals surface area (Å²) in [6, 6.07) is 17.8. The monoisotopic (exact) mass is 472 g/mol. The molecule has 3 atom stereocenters. The van der Waals surface area contributed by atoms with Crippen molar-refractivity contribution in [3.05, 3.63) is 60.8 Å². The van der Waals surface area contributed by atoms with Gasteiger partial charge in [-0.05, 0) is 75.7 Å². The lowest BCUT2D eigenvalue weighted by Gasteiger charge is -2.36. The number of ether oxygens (including phenoxy) is 1. The van der Waals surface area contributed by atoms with Gasteiger partial charge in [0.2, 0.25) is 11.9 Å². The van der Waals surface area contributed by atoms with Gasteiger partial charge < -0.3 is 25.6 Å². The van der Waals surface area contributed by atoms with E-state index in [9.17, 15) is 4.79 Å². The second-order valence-corrected chi connectivity index (χ2v) is 9.32. The van der Waals surface area contributed by atoms with E-state index >= 15 is 0 Å². The summed E-state index contributed by atoms with van der Waals surface area (Å²) in [4.78, 5) is 23.7. The molecule has 3 aromatic rings. The number of amides is 1. The second-order valence-electron chi connectivity index (χ2n) is 9.32. The molecule has 0 spiro atoms. The third-order valence-electron chi connectivity index (χ3n) is 6.39. The Hall–Kier alpha value is -3.49. The minimum atomic E-state index is -0.0970. The van der Waals surface area contributed by atoms with Gasteiger partial charge in [0.15, 0.2) is 0 Å². The predicted octanol–water partition coefficient (Wildman–Crippen LogP) is 4.19. The molecule has 1 amide bonds. The summed E-state index contributed by atoms with van der Waals surface area (Å²) in [5.74, 6) is 0.556. The molecule has 2 saturated heterocycles. The molecule has 3 N–H and O–H groups in total. The van der Waals surface area contributed by atoms with Gasteiger partial charge in [-0.1, -0.05) is 12.1 Å². The van der Waals surface area contributed by atoms with Crippen LogP contribution in [0, 0.1) is 0 Å². The van der Waals surface area contributed by atoms with Gasteiger partial charge in [0.05, 0.1) is 23.9 Å². The van der Waals surface area contributed by atoms with Gasteiger partial charge in [-0.15, -0.1) is 0 Å². The molecule has 0 radical (unpaired) electrons. The molecule has 3 heterocycles. The summed E-state index contributed by atoms with van der Waals surface area (Å²) < 4.78 is 5.84. The lowest BCUT2D eigenvalue weighted by Crippen LogP contribution is -2.45. The van der Waals surface area contributed by atoms with Crippen molar-refractivity contribution in [3.63, 3.8) is 0 Å². The maximum atomic E-state index is 12.3. The first kappa shape index (κ1) is 23.3. The molecule has 0 saturated carbocycles. The van der Waals surface area contributed by atoms with Crippen LogP contribution in [0.1, 0.15) is 26.7 Å². The Morgan fingerprint density at radius 2 is 1.71 bits per heavy atom. The average Bonchev–Trinajstić information content (AvgIpc) is 3.40. The number of rotatable bonds is 6. The van der Waals surface area contributed by atoms with Crippen molar-refractivity contribution in [2.45, 2.75) is 44.9 Å². The summed E-state index contributed by atoms with van der Waals surface area (Å²) in [6.45, 7) is 6.91. The van der Waals surface area contributed by atoms with E-state index in [1.165, 1.54) is 5.69 Å². The maximum absolute atomic E-state index is 12.3. The lowest BCUT2D eigenvalue weighted by molar-refractivity contribution is -0.117. The van der Waals surface area contributed by atoms with Gasteiger partial charge >= 0.3 is 0 Å². The van der Waals surface area contributed by atoms with Crippen molar-refractivity contribution in [2.24, 2.45) is 0 Å². The van der Waals surface area contributed by atoms with Gasteiger partial charge in [-0.3, -0.25) is 4.79 Å². The van der Waals surface area contributed by atoms with Crippen LogP contribution in [0.25, 0.3) is 11.3 Å². The Morgan fingerprint density at radius 3 is 2.40 bits per heavy atom. The normalized spacial score (nSPS) is 22.1. The van der Waals surface area contributed by atoms with Gasteiger partial charge in [-0.25, -0.2) is 9.97 Å². The molecule has 1 unspecified atom stereocenters. The third-order valence-corrected chi connectivity index (χ3v) is 6.39. The first-order valence-corrected chi connectivity index (χ1v) is 12.3. The molecular weight excluding hydrogens is 440 g/mol. The zero-order valence-electron chi connectivity index (χ0n) is 20.2. The molecule has 8 heteroatoms. The van der Waals surface area contributed by atoms with Crippen molar-refractivity contribution in [1.29, 1.82) is 0 Å². The van der Waals surface area contributed by atoms with E-state index in [-0.39, 0.29) is 24.2 Å². The number of nitrogens with zero attached hydrogens (tertiary/aromatic N) is 3. The number of hydrogen-bond acceptors (Lipinski definition) is 7. The molecule has 2 aromatic carbocycles. The summed E-state index contributed by atoms with van der Waals surface area (Å²) >= 11 is 0. The number of carbonyl (C=O) groups is 1. The fraction of sp³-hybridized carbons (Fsp3) is 0.370. The number of carbonyl (C=O) groups excluding carboxylic acids is 1. The van der Waals surface area contributed by atoms with Crippen LogP contribution in [0.5, 0.6) is 0 Å². The Bertz CT molecular complexity index is 1140. The van der Waals surface area contributed by atoms with E-state index in [0.29, 0.717) is 5.95 Å². The third kappa shape index (κ3) is 5.78. The summed E-state index contributed by atoms with van der Waals surface area (Å²) in [5, 5.41) is 9.50. The van der Waals surface area contributed by atoms with Crippen LogP contribution >= 0.6 is 0 Å². The Balaban J connectivity index is 1.22. The van der Waals surface area contributed by atoms with E-state index in [1.54, 1.807) is 6.20 Å². The molecule has 8 nitrogen and oxygen atoms in total. The average molecular weight is 473 g/mol. The number of aromatic nitrogens is 2. The zero-order chi connectivity index (χ0) is 24.2.